The van der Waals surface area contributed by atoms with Crippen LogP contribution in [-0.2, 0) is 16.3 Å². The van der Waals surface area contributed by atoms with E-state index in [0.717, 1.165) is 38.1 Å². The average Bonchev–Trinajstić information content (AvgIpc) is 2.66. The molecule has 1 fully saturated rings. The minimum Gasteiger partial charge on any atom is -0.379 e. The summed E-state index contributed by atoms with van der Waals surface area (Å²) in [5.41, 5.74) is 1.42. The number of rotatable bonds is 9. The molecule has 0 radical (unpaired) electrons. The molecular formula is C26H40F3NO. The van der Waals surface area contributed by atoms with Gasteiger partial charge in [-0.3, -0.25) is 4.90 Å². The standard InChI is InChI=1S/C26H40F3NO/c1-19(2)17-24(30-14-11-21(12-15-30)13-16-31-20(3)4)18-25(5,6)22-7-9-23(10-8-22)26(27,28)29/h7-10,17,20-21,24H,11-16,18H2,1-6H3. The van der Waals surface area contributed by atoms with Crippen LogP contribution in [0, 0.1) is 5.92 Å². The van der Waals surface area contributed by atoms with Gasteiger partial charge in [0.15, 0.2) is 0 Å². The van der Waals surface area contributed by atoms with E-state index in [-0.39, 0.29) is 17.6 Å². The van der Waals surface area contributed by atoms with Gasteiger partial charge >= 0.3 is 6.18 Å². The first-order valence-corrected chi connectivity index (χ1v) is 11.6. The third-order valence-electron chi connectivity index (χ3n) is 6.33. The van der Waals surface area contributed by atoms with Crippen molar-refractivity contribution in [2.75, 3.05) is 19.7 Å². The second-order valence-corrected chi connectivity index (χ2v) is 10.2. The molecule has 1 aromatic rings. The molecule has 0 amide bonds. The number of likely N-dealkylation sites (tertiary alicyclic amines) is 1. The molecule has 0 saturated carbocycles. The first-order valence-electron chi connectivity index (χ1n) is 11.6. The smallest absolute Gasteiger partial charge is 0.379 e. The van der Waals surface area contributed by atoms with Gasteiger partial charge in [-0.05, 0) is 95.5 Å². The van der Waals surface area contributed by atoms with Crippen LogP contribution in [0.5, 0.6) is 0 Å². The van der Waals surface area contributed by atoms with Crippen molar-refractivity contribution in [2.45, 2.75) is 91.0 Å². The van der Waals surface area contributed by atoms with E-state index >= 15 is 0 Å². The quantitative estimate of drug-likeness (QED) is 0.376. The summed E-state index contributed by atoms with van der Waals surface area (Å²) in [5.74, 6) is 0.713. The lowest BCUT2D eigenvalue weighted by Gasteiger charge is -2.40. The Balaban J connectivity index is 2.03. The third kappa shape index (κ3) is 8.27. The minimum atomic E-state index is -4.29. The van der Waals surface area contributed by atoms with E-state index in [1.807, 2.05) is 0 Å². The van der Waals surface area contributed by atoms with E-state index in [2.05, 4.69) is 52.5 Å². The SMILES string of the molecule is CC(C)=CC(CC(C)(C)c1ccc(C(F)(F)F)cc1)N1CCC(CCOC(C)C)CC1. The lowest BCUT2D eigenvalue weighted by molar-refractivity contribution is -0.137. The molecule has 1 heterocycles. The number of halogens is 3. The molecular weight excluding hydrogens is 399 g/mol. The number of ether oxygens (including phenoxy) is 1. The fourth-order valence-corrected chi connectivity index (χ4v) is 4.47. The van der Waals surface area contributed by atoms with Crippen LogP contribution < -0.4 is 0 Å². The van der Waals surface area contributed by atoms with E-state index in [1.165, 1.54) is 30.5 Å². The molecule has 1 aliphatic rings. The Hall–Kier alpha value is -1.33. The maximum Gasteiger partial charge on any atom is 0.416 e. The van der Waals surface area contributed by atoms with Crippen molar-refractivity contribution in [3.05, 3.63) is 47.0 Å². The number of benzene rings is 1. The van der Waals surface area contributed by atoms with Gasteiger partial charge in [0.05, 0.1) is 11.7 Å². The molecule has 0 N–H and O–H groups in total. The van der Waals surface area contributed by atoms with E-state index in [4.69, 9.17) is 4.74 Å². The number of hydrogen-bond donors (Lipinski definition) is 0. The van der Waals surface area contributed by atoms with Crippen molar-refractivity contribution in [2.24, 2.45) is 5.92 Å². The zero-order chi connectivity index (χ0) is 23.2. The van der Waals surface area contributed by atoms with Crippen LogP contribution >= 0.6 is 0 Å². The summed E-state index contributed by atoms with van der Waals surface area (Å²) in [5, 5.41) is 0. The van der Waals surface area contributed by atoms with Crippen LogP contribution in [0.15, 0.2) is 35.9 Å². The number of alkyl halides is 3. The summed E-state index contributed by atoms with van der Waals surface area (Å²) in [6, 6.07) is 5.98. The Morgan fingerprint density at radius 3 is 2.10 bits per heavy atom. The molecule has 0 aliphatic carbocycles. The van der Waals surface area contributed by atoms with Crippen LogP contribution in [0.2, 0.25) is 0 Å². The van der Waals surface area contributed by atoms with Crippen molar-refractivity contribution in [3.63, 3.8) is 0 Å². The van der Waals surface area contributed by atoms with Gasteiger partial charge in [0, 0.05) is 12.6 Å². The molecule has 5 heteroatoms. The second kappa shape index (κ2) is 11.0. The van der Waals surface area contributed by atoms with Crippen LogP contribution in [0.3, 0.4) is 0 Å². The highest BCUT2D eigenvalue weighted by Crippen LogP contribution is 2.35. The highest BCUT2D eigenvalue weighted by atomic mass is 19.4. The van der Waals surface area contributed by atoms with Gasteiger partial charge in [-0.15, -0.1) is 0 Å². The fraction of sp³-hybridized carbons (Fsp3) is 0.692. The molecule has 1 atom stereocenters. The molecule has 0 spiro atoms. The van der Waals surface area contributed by atoms with Crippen LogP contribution in [0.25, 0.3) is 0 Å². The normalized spacial score (nSPS) is 17.7. The van der Waals surface area contributed by atoms with E-state index in [0.29, 0.717) is 5.92 Å². The Kier molecular flexibility index (Phi) is 9.20. The van der Waals surface area contributed by atoms with Gasteiger partial charge in [0.25, 0.3) is 0 Å². The van der Waals surface area contributed by atoms with E-state index in [9.17, 15) is 13.2 Å². The van der Waals surface area contributed by atoms with Crippen LogP contribution in [0.4, 0.5) is 13.2 Å². The molecule has 1 unspecified atom stereocenters. The van der Waals surface area contributed by atoms with Crippen molar-refractivity contribution in [1.82, 2.24) is 4.90 Å². The van der Waals surface area contributed by atoms with Crippen molar-refractivity contribution in [3.8, 4) is 0 Å². The number of hydrogen-bond acceptors (Lipinski definition) is 2. The van der Waals surface area contributed by atoms with Gasteiger partial charge in [-0.25, -0.2) is 0 Å². The Morgan fingerprint density at radius 2 is 1.61 bits per heavy atom. The first kappa shape index (κ1) is 25.9. The fourth-order valence-electron chi connectivity index (χ4n) is 4.47. The maximum atomic E-state index is 12.9. The van der Waals surface area contributed by atoms with Gasteiger partial charge < -0.3 is 4.74 Å². The van der Waals surface area contributed by atoms with Crippen molar-refractivity contribution >= 4 is 0 Å². The Labute approximate surface area is 186 Å². The van der Waals surface area contributed by atoms with E-state index < -0.39 is 11.7 Å². The number of piperidine rings is 1. The predicted octanol–water partition coefficient (Wildman–Crippen LogP) is 7.24. The lowest BCUT2D eigenvalue weighted by Crippen LogP contribution is -2.43. The molecule has 1 aliphatic heterocycles. The zero-order valence-electron chi connectivity index (χ0n) is 20.1. The highest BCUT2D eigenvalue weighted by molar-refractivity contribution is 5.30. The molecule has 31 heavy (non-hydrogen) atoms. The first-order chi connectivity index (χ1) is 14.4. The monoisotopic (exact) mass is 439 g/mol. The van der Waals surface area contributed by atoms with Gasteiger partial charge in [0.1, 0.15) is 0 Å². The minimum absolute atomic E-state index is 0.220. The molecule has 176 valence electrons. The summed E-state index contributed by atoms with van der Waals surface area (Å²) in [6.07, 6.45) is 2.67. The molecule has 2 rings (SSSR count). The number of allylic oxidation sites excluding steroid dienone is 1. The highest BCUT2D eigenvalue weighted by Gasteiger charge is 2.33. The zero-order valence-corrected chi connectivity index (χ0v) is 20.1. The van der Waals surface area contributed by atoms with E-state index in [1.54, 1.807) is 12.1 Å². The largest absolute Gasteiger partial charge is 0.416 e. The Bertz CT molecular complexity index is 694. The molecule has 0 aromatic heterocycles. The summed E-state index contributed by atoms with van der Waals surface area (Å²) in [6.45, 7) is 15.6. The summed E-state index contributed by atoms with van der Waals surface area (Å²) >= 11 is 0. The summed E-state index contributed by atoms with van der Waals surface area (Å²) in [4.78, 5) is 2.55. The topological polar surface area (TPSA) is 12.5 Å². The lowest BCUT2D eigenvalue weighted by atomic mass is 9.77. The average molecular weight is 440 g/mol. The van der Waals surface area contributed by atoms with Crippen LogP contribution in [-0.4, -0.2) is 36.7 Å². The van der Waals surface area contributed by atoms with Gasteiger partial charge in [-0.1, -0.05) is 37.6 Å². The van der Waals surface area contributed by atoms with Gasteiger partial charge in [0.2, 0.25) is 0 Å². The van der Waals surface area contributed by atoms with Gasteiger partial charge in [-0.2, -0.15) is 13.2 Å². The summed E-state index contributed by atoms with van der Waals surface area (Å²) < 4.78 is 44.5. The third-order valence-corrected chi connectivity index (χ3v) is 6.33. The molecule has 1 saturated heterocycles. The Morgan fingerprint density at radius 1 is 1.06 bits per heavy atom. The van der Waals surface area contributed by atoms with Crippen molar-refractivity contribution in [1.29, 1.82) is 0 Å². The second-order valence-electron chi connectivity index (χ2n) is 10.2. The molecule has 2 nitrogen and oxygen atoms in total. The predicted molar refractivity (Wildman–Crippen MR) is 122 cm³/mol. The maximum absolute atomic E-state index is 12.9. The van der Waals surface area contributed by atoms with Crippen LogP contribution in [0.1, 0.15) is 78.4 Å². The van der Waals surface area contributed by atoms with Crippen molar-refractivity contribution < 1.29 is 17.9 Å². The number of nitrogens with zero attached hydrogens (tertiary/aromatic N) is 1. The summed E-state index contributed by atoms with van der Waals surface area (Å²) in [7, 11) is 0. The molecule has 0 bridgehead atoms. The molecule has 1 aromatic carbocycles.